The summed E-state index contributed by atoms with van der Waals surface area (Å²) >= 11 is 1.44. The molecule has 7 heteroatoms. The minimum absolute atomic E-state index is 0.0662. The van der Waals surface area contributed by atoms with Crippen LogP contribution in [0, 0.1) is 6.92 Å². The van der Waals surface area contributed by atoms with Gasteiger partial charge in [0.15, 0.2) is 5.82 Å². The number of nitrogens with one attached hydrogen (secondary N) is 1. The number of carbonyl (C=O) groups excluding carboxylic acids is 1. The molecule has 112 valence electrons. The standard InChI is InChI=1S/C15H14N4O2S/c1-10-5-8-22-13(10)14(20)17-7-4-12-18-15(21-19-12)11-3-2-6-16-9-11/h2-3,5-6,8-9H,4,7H2,1H3,(H,17,20). The van der Waals surface area contributed by atoms with Crippen molar-refractivity contribution in [3.05, 3.63) is 52.2 Å². The highest BCUT2D eigenvalue weighted by atomic mass is 32.1. The van der Waals surface area contributed by atoms with E-state index in [0.29, 0.717) is 24.7 Å². The number of aryl methyl sites for hydroxylation is 1. The van der Waals surface area contributed by atoms with Crippen LogP contribution >= 0.6 is 11.3 Å². The van der Waals surface area contributed by atoms with E-state index >= 15 is 0 Å². The summed E-state index contributed by atoms with van der Waals surface area (Å²) in [7, 11) is 0. The molecule has 3 aromatic heterocycles. The molecular formula is C15H14N4O2S. The van der Waals surface area contributed by atoms with Crippen molar-refractivity contribution in [2.45, 2.75) is 13.3 Å². The number of hydrogen-bond acceptors (Lipinski definition) is 6. The molecule has 0 aliphatic heterocycles. The van der Waals surface area contributed by atoms with Crippen LogP contribution in [-0.2, 0) is 6.42 Å². The summed E-state index contributed by atoms with van der Waals surface area (Å²) in [5.74, 6) is 0.925. The molecule has 0 radical (unpaired) electrons. The zero-order chi connectivity index (χ0) is 15.4. The van der Waals surface area contributed by atoms with Crippen LogP contribution in [-0.4, -0.2) is 27.6 Å². The molecule has 0 saturated carbocycles. The average molecular weight is 314 g/mol. The molecule has 0 fully saturated rings. The summed E-state index contributed by atoms with van der Waals surface area (Å²) in [4.78, 5) is 21.0. The van der Waals surface area contributed by atoms with Gasteiger partial charge in [-0.15, -0.1) is 11.3 Å². The van der Waals surface area contributed by atoms with E-state index in [4.69, 9.17) is 4.52 Å². The first-order chi connectivity index (χ1) is 10.7. The molecule has 0 bridgehead atoms. The second-order valence-electron chi connectivity index (χ2n) is 4.70. The summed E-state index contributed by atoms with van der Waals surface area (Å²) in [5, 5.41) is 8.67. The maximum absolute atomic E-state index is 12.0. The van der Waals surface area contributed by atoms with Crippen LogP contribution in [0.25, 0.3) is 11.5 Å². The molecule has 0 aliphatic carbocycles. The van der Waals surface area contributed by atoms with Gasteiger partial charge >= 0.3 is 0 Å². The van der Waals surface area contributed by atoms with Gasteiger partial charge in [-0.2, -0.15) is 4.98 Å². The van der Waals surface area contributed by atoms with Crippen molar-refractivity contribution >= 4 is 17.2 Å². The first-order valence-electron chi connectivity index (χ1n) is 6.79. The van der Waals surface area contributed by atoms with Crippen molar-refractivity contribution in [2.75, 3.05) is 6.54 Å². The van der Waals surface area contributed by atoms with E-state index in [-0.39, 0.29) is 5.91 Å². The van der Waals surface area contributed by atoms with Crippen molar-refractivity contribution in [1.29, 1.82) is 0 Å². The predicted octanol–water partition coefficient (Wildman–Crippen LogP) is 2.47. The number of carbonyl (C=O) groups is 1. The highest BCUT2D eigenvalue weighted by Gasteiger charge is 2.11. The SMILES string of the molecule is Cc1ccsc1C(=O)NCCc1noc(-c2cccnc2)n1. The Hall–Kier alpha value is -2.54. The normalized spacial score (nSPS) is 10.6. The third-order valence-electron chi connectivity index (χ3n) is 3.08. The molecule has 0 saturated heterocycles. The molecule has 1 N–H and O–H groups in total. The summed E-state index contributed by atoms with van der Waals surface area (Å²) in [6, 6.07) is 5.59. The molecule has 3 heterocycles. The first kappa shape index (κ1) is 14.4. The molecule has 0 aliphatic rings. The Morgan fingerprint density at radius 1 is 1.41 bits per heavy atom. The highest BCUT2D eigenvalue weighted by molar-refractivity contribution is 7.12. The average Bonchev–Trinajstić information content (AvgIpc) is 3.17. The van der Waals surface area contributed by atoms with Gasteiger partial charge in [0.2, 0.25) is 0 Å². The zero-order valence-electron chi connectivity index (χ0n) is 11.9. The quantitative estimate of drug-likeness (QED) is 0.782. The predicted molar refractivity (Wildman–Crippen MR) is 82.6 cm³/mol. The van der Waals surface area contributed by atoms with Gasteiger partial charge in [-0.1, -0.05) is 5.16 Å². The lowest BCUT2D eigenvalue weighted by Gasteiger charge is -2.02. The number of pyridine rings is 1. The maximum Gasteiger partial charge on any atom is 0.261 e. The fraction of sp³-hybridized carbons (Fsp3) is 0.200. The fourth-order valence-electron chi connectivity index (χ4n) is 1.94. The van der Waals surface area contributed by atoms with Crippen molar-refractivity contribution < 1.29 is 9.32 Å². The third kappa shape index (κ3) is 3.20. The summed E-state index contributed by atoms with van der Waals surface area (Å²) in [6.07, 6.45) is 3.86. The summed E-state index contributed by atoms with van der Waals surface area (Å²) < 4.78 is 5.19. The van der Waals surface area contributed by atoms with Gasteiger partial charge in [0.25, 0.3) is 11.8 Å². The Kier molecular flexibility index (Phi) is 4.24. The van der Waals surface area contributed by atoms with Gasteiger partial charge in [0.05, 0.1) is 10.4 Å². The number of hydrogen-bond donors (Lipinski definition) is 1. The lowest BCUT2D eigenvalue weighted by molar-refractivity contribution is 0.0957. The molecule has 3 rings (SSSR count). The minimum atomic E-state index is -0.0662. The van der Waals surface area contributed by atoms with E-state index in [1.807, 2.05) is 30.5 Å². The number of rotatable bonds is 5. The molecule has 6 nitrogen and oxygen atoms in total. The van der Waals surface area contributed by atoms with E-state index in [9.17, 15) is 4.79 Å². The van der Waals surface area contributed by atoms with Crippen LogP contribution in [0.3, 0.4) is 0 Å². The summed E-state index contributed by atoms with van der Waals surface area (Å²) in [5.41, 5.74) is 1.76. The van der Waals surface area contributed by atoms with Crippen LogP contribution < -0.4 is 5.32 Å². The van der Waals surface area contributed by atoms with Gasteiger partial charge in [0, 0.05) is 25.4 Å². The Balaban J connectivity index is 1.56. The van der Waals surface area contributed by atoms with Crippen LogP contribution in [0.1, 0.15) is 21.1 Å². The number of amides is 1. The van der Waals surface area contributed by atoms with E-state index in [1.165, 1.54) is 11.3 Å². The number of thiophene rings is 1. The van der Waals surface area contributed by atoms with Crippen LogP contribution in [0.4, 0.5) is 0 Å². The number of aromatic nitrogens is 3. The van der Waals surface area contributed by atoms with Crippen LogP contribution in [0.2, 0.25) is 0 Å². The monoisotopic (exact) mass is 314 g/mol. The topological polar surface area (TPSA) is 80.9 Å². The van der Waals surface area contributed by atoms with Gasteiger partial charge in [-0.25, -0.2) is 0 Å². The van der Waals surface area contributed by atoms with Gasteiger partial charge in [-0.05, 0) is 36.1 Å². The molecule has 1 amide bonds. The Morgan fingerprint density at radius 2 is 2.32 bits per heavy atom. The second kappa shape index (κ2) is 6.48. The molecule has 0 aromatic carbocycles. The third-order valence-corrected chi connectivity index (χ3v) is 4.09. The molecule has 0 spiro atoms. The van der Waals surface area contributed by atoms with Crippen LogP contribution in [0.5, 0.6) is 0 Å². The van der Waals surface area contributed by atoms with Crippen molar-refractivity contribution in [3.63, 3.8) is 0 Å². The van der Waals surface area contributed by atoms with E-state index < -0.39 is 0 Å². The first-order valence-corrected chi connectivity index (χ1v) is 7.67. The second-order valence-corrected chi connectivity index (χ2v) is 5.61. The van der Waals surface area contributed by atoms with Crippen molar-refractivity contribution in [3.8, 4) is 11.5 Å². The molecular weight excluding hydrogens is 300 g/mol. The Bertz CT molecular complexity index is 767. The molecule has 0 unspecified atom stereocenters. The Labute approximate surface area is 131 Å². The number of nitrogens with zero attached hydrogens (tertiary/aromatic N) is 3. The van der Waals surface area contributed by atoms with Gasteiger partial charge in [0.1, 0.15) is 0 Å². The lowest BCUT2D eigenvalue weighted by atomic mass is 10.3. The highest BCUT2D eigenvalue weighted by Crippen LogP contribution is 2.16. The Morgan fingerprint density at radius 3 is 3.05 bits per heavy atom. The largest absolute Gasteiger partial charge is 0.351 e. The van der Waals surface area contributed by atoms with E-state index in [1.54, 1.807) is 12.4 Å². The van der Waals surface area contributed by atoms with Crippen molar-refractivity contribution in [1.82, 2.24) is 20.4 Å². The smallest absolute Gasteiger partial charge is 0.261 e. The van der Waals surface area contributed by atoms with Crippen molar-refractivity contribution in [2.24, 2.45) is 0 Å². The molecule has 0 atom stereocenters. The van der Waals surface area contributed by atoms with Gasteiger partial charge < -0.3 is 9.84 Å². The van der Waals surface area contributed by atoms with Crippen LogP contribution in [0.15, 0.2) is 40.5 Å². The zero-order valence-corrected chi connectivity index (χ0v) is 12.8. The summed E-state index contributed by atoms with van der Waals surface area (Å²) in [6.45, 7) is 2.38. The molecule has 3 aromatic rings. The van der Waals surface area contributed by atoms with E-state index in [2.05, 4.69) is 20.4 Å². The maximum atomic E-state index is 12.0. The van der Waals surface area contributed by atoms with Gasteiger partial charge in [-0.3, -0.25) is 9.78 Å². The minimum Gasteiger partial charge on any atom is -0.351 e. The molecule has 22 heavy (non-hydrogen) atoms. The fourth-order valence-corrected chi connectivity index (χ4v) is 2.78. The lowest BCUT2D eigenvalue weighted by Crippen LogP contribution is -2.25. The van der Waals surface area contributed by atoms with E-state index in [0.717, 1.165) is 16.0 Å².